The highest BCUT2D eigenvalue weighted by molar-refractivity contribution is 6.35. The lowest BCUT2D eigenvalue weighted by Crippen LogP contribution is -2.32. The highest BCUT2D eigenvalue weighted by Crippen LogP contribution is 2.32. The Morgan fingerprint density at radius 3 is 2.52 bits per heavy atom. The van der Waals surface area contributed by atoms with Crippen molar-refractivity contribution in [3.63, 3.8) is 0 Å². The van der Waals surface area contributed by atoms with Gasteiger partial charge in [-0.15, -0.1) is 0 Å². The summed E-state index contributed by atoms with van der Waals surface area (Å²) in [6.45, 7) is 1.22. The number of nitrogens with zero attached hydrogens (tertiary/aromatic N) is 2. The van der Waals surface area contributed by atoms with Crippen LogP contribution >= 0.6 is 23.2 Å². The first-order valence-corrected chi connectivity index (χ1v) is 9.29. The van der Waals surface area contributed by atoms with Crippen molar-refractivity contribution in [2.45, 2.75) is 6.54 Å². The smallest absolute Gasteiger partial charge is 0.254 e. The Kier molecular flexibility index (Phi) is 5.01. The molecule has 0 saturated heterocycles. The normalized spacial score (nSPS) is 13.5. The van der Waals surface area contributed by atoms with Gasteiger partial charge in [0.25, 0.3) is 5.91 Å². The molecule has 0 saturated carbocycles. The van der Waals surface area contributed by atoms with E-state index in [4.69, 9.17) is 27.9 Å². The van der Waals surface area contributed by atoms with Gasteiger partial charge in [0, 0.05) is 27.4 Å². The fourth-order valence-corrected chi connectivity index (χ4v) is 3.72. The van der Waals surface area contributed by atoms with Gasteiger partial charge < -0.3 is 9.64 Å². The van der Waals surface area contributed by atoms with E-state index in [9.17, 15) is 4.79 Å². The summed E-state index contributed by atoms with van der Waals surface area (Å²) in [5.41, 5.74) is 3.41. The average molecular weight is 399 g/mol. The Balaban J connectivity index is 1.71. The van der Waals surface area contributed by atoms with Crippen LogP contribution in [0.5, 0.6) is 5.88 Å². The van der Waals surface area contributed by atoms with Crippen molar-refractivity contribution in [2.24, 2.45) is 0 Å². The number of amides is 1. The molecule has 136 valence electrons. The van der Waals surface area contributed by atoms with Gasteiger partial charge in [-0.25, -0.2) is 4.98 Å². The number of carbonyl (C=O) groups is 1. The van der Waals surface area contributed by atoms with Crippen LogP contribution in [-0.2, 0) is 6.54 Å². The largest absolute Gasteiger partial charge is 0.476 e. The summed E-state index contributed by atoms with van der Waals surface area (Å²) >= 11 is 12.1. The van der Waals surface area contributed by atoms with E-state index >= 15 is 0 Å². The van der Waals surface area contributed by atoms with E-state index in [-0.39, 0.29) is 5.91 Å². The van der Waals surface area contributed by atoms with Gasteiger partial charge >= 0.3 is 0 Å². The number of hydrogen-bond acceptors (Lipinski definition) is 3. The van der Waals surface area contributed by atoms with Crippen LogP contribution in [0.3, 0.4) is 0 Å². The Hall–Kier alpha value is -2.56. The van der Waals surface area contributed by atoms with E-state index < -0.39 is 0 Å². The third-order valence-electron chi connectivity index (χ3n) is 4.45. The minimum absolute atomic E-state index is 0.140. The van der Waals surface area contributed by atoms with Crippen LogP contribution in [0.15, 0.2) is 60.8 Å². The minimum Gasteiger partial charge on any atom is -0.476 e. The van der Waals surface area contributed by atoms with Crippen LogP contribution in [0.2, 0.25) is 10.0 Å². The van der Waals surface area contributed by atoms with Gasteiger partial charge in [0.05, 0.1) is 13.1 Å². The van der Waals surface area contributed by atoms with E-state index in [1.807, 2.05) is 36.4 Å². The van der Waals surface area contributed by atoms with Gasteiger partial charge in [0.1, 0.15) is 6.61 Å². The predicted octanol–water partition coefficient (Wildman–Crippen LogP) is 5.09. The van der Waals surface area contributed by atoms with E-state index in [2.05, 4.69) is 4.98 Å². The molecule has 0 aliphatic carbocycles. The van der Waals surface area contributed by atoms with Crippen molar-refractivity contribution in [1.29, 1.82) is 0 Å². The number of aromatic nitrogens is 1. The molecule has 3 aromatic rings. The van der Waals surface area contributed by atoms with E-state index in [1.54, 1.807) is 29.3 Å². The van der Waals surface area contributed by atoms with Crippen LogP contribution in [0, 0.1) is 0 Å². The Morgan fingerprint density at radius 2 is 1.78 bits per heavy atom. The van der Waals surface area contributed by atoms with Crippen LogP contribution in [-0.4, -0.2) is 28.9 Å². The maximum Gasteiger partial charge on any atom is 0.254 e. The highest BCUT2D eigenvalue weighted by atomic mass is 35.5. The van der Waals surface area contributed by atoms with Gasteiger partial charge in [-0.3, -0.25) is 4.79 Å². The number of halogens is 2. The Bertz CT molecular complexity index is 972. The molecule has 0 fully saturated rings. The van der Waals surface area contributed by atoms with Crippen LogP contribution in [0.25, 0.3) is 11.1 Å². The molecule has 0 radical (unpaired) electrons. The fraction of sp³-hybridized carbons (Fsp3) is 0.143. The number of fused-ring (bicyclic) bond motifs is 1. The minimum atomic E-state index is -0.140. The maximum absolute atomic E-state index is 13.0. The lowest BCUT2D eigenvalue weighted by atomic mass is 10.0. The summed E-state index contributed by atoms with van der Waals surface area (Å²) < 4.78 is 5.82. The molecular formula is C21H16Cl2N2O2. The molecular weight excluding hydrogens is 383 g/mol. The van der Waals surface area contributed by atoms with Crippen molar-refractivity contribution in [1.82, 2.24) is 9.88 Å². The van der Waals surface area contributed by atoms with Crippen molar-refractivity contribution < 1.29 is 9.53 Å². The predicted molar refractivity (Wildman–Crippen MR) is 106 cm³/mol. The summed E-state index contributed by atoms with van der Waals surface area (Å²) in [6, 6.07) is 16.8. The molecule has 6 heteroatoms. The first-order valence-electron chi connectivity index (χ1n) is 8.53. The molecule has 1 aromatic heterocycles. The molecule has 1 amide bonds. The molecule has 0 spiro atoms. The summed E-state index contributed by atoms with van der Waals surface area (Å²) in [5, 5.41) is 0.868. The third kappa shape index (κ3) is 3.77. The zero-order chi connectivity index (χ0) is 18.8. The molecule has 2 aromatic carbocycles. The first-order chi connectivity index (χ1) is 13.1. The molecule has 0 atom stereocenters. The van der Waals surface area contributed by atoms with Gasteiger partial charge in [0.15, 0.2) is 0 Å². The second kappa shape index (κ2) is 7.59. The second-order valence-corrected chi connectivity index (χ2v) is 7.11. The van der Waals surface area contributed by atoms with E-state index in [0.29, 0.717) is 41.2 Å². The van der Waals surface area contributed by atoms with Crippen molar-refractivity contribution >= 4 is 29.1 Å². The summed E-state index contributed by atoms with van der Waals surface area (Å²) in [7, 11) is 0. The fourth-order valence-electron chi connectivity index (χ4n) is 3.19. The van der Waals surface area contributed by atoms with Crippen LogP contribution in [0.4, 0.5) is 0 Å². The van der Waals surface area contributed by atoms with E-state index in [0.717, 1.165) is 16.7 Å². The monoisotopic (exact) mass is 398 g/mol. The van der Waals surface area contributed by atoms with Crippen molar-refractivity contribution in [2.75, 3.05) is 13.2 Å². The summed E-state index contributed by atoms with van der Waals surface area (Å²) in [6.07, 6.45) is 1.73. The zero-order valence-electron chi connectivity index (χ0n) is 14.4. The number of rotatable bonds is 2. The van der Waals surface area contributed by atoms with Crippen LogP contribution < -0.4 is 4.74 Å². The molecule has 0 N–H and O–H groups in total. The first kappa shape index (κ1) is 17.8. The molecule has 4 nitrogen and oxygen atoms in total. The number of ether oxygens (including phenoxy) is 1. The van der Waals surface area contributed by atoms with Crippen molar-refractivity contribution in [3.05, 3.63) is 82.0 Å². The number of carbonyl (C=O) groups excluding carboxylic acids is 1. The lowest BCUT2D eigenvalue weighted by Gasteiger charge is -2.21. The van der Waals surface area contributed by atoms with E-state index in [1.165, 1.54) is 0 Å². The number of hydrogen-bond donors (Lipinski definition) is 0. The number of benzene rings is 2. The van der Waals surface area contributed by atoms with Crippen molar-refractivity contribution in [3.8, 4) is 17.0 Å². The standard InChI is InChI=1S/C21H16Cl2N2O2/c22-16-10-15(11-17(23)12-16)21(26)25-8-9-27-20-19(13-25)18(6-7-24-20)14-4-2-1-3-5-14/h1-7,10-12H,8-9,13H2. The molecule has 27 heavy (non-hydrogen) atoms. The van der Waals surface area contributed by atoms with Gasteiger partial charge in [-0.1, -0.05) is 53.5 Å². The quantitative estimate of drug-likeness (QED) is 0.603. The van der Waals surface area contributed by atoms with Crippen LogP contribution in [0.1, 0.15) is 15.9 Å². The molecule has 1 aliphatic rings. The molecule has 0 unspecified atom stereocenters. The molecule has 4 rings (SSSR count). The summed E-state index contributed by atoms with van der Waals surface area (Å²) in [5.74, 6) is 0.425. The number of pyridine rings is 1. The second-order valence-electron chi connectivity index (χ2n) is 6.24. The SMILES string of the molecule is O=C(c1cc(Cl)cc(Cl)c1)N1CCOc2nccc(-c3ccccc3)c2C1. The molecule has 2 heterocycles. The average Bonchev–Trinajstić information content (AvgIpc) is 2.89. The summed E-state index contributed by atoms with van der Waals surface area (Å²) in [4.78, 5) is 19.1. The Labute approximate surface area is 167 Å². The molecule has 0 bridgehead atoms. The Morgan fingerprint density at radius 1 is 1.04 bits per heavy atom. The third-order valence-corrected chi connectivity index (χ3v) is 4.88. The van der Waals surface area contributed by atoms with Gasteiger partial charge in [-0.05, 0) is 35.4 Å². The topological polar surface area (TPSA) is 42.4 Å². The highest BCUT2D eigenvalue weighted by Gasteiger charge is 2.24. The van der Waals surface area contributed by atoms with Gasteiger partial charge in [-0.2, -0.15) is 0 Å². The van der Waals surface area contributed by atoms with Gasteiger partial charge in [0.2, 0.25) is 5.88 Å². The maximum atomic E-state index is 13.0. The molecule has 1 aliphatic heterocycles. The lowest BCUT2D eigenvalue weighted by molar-refractivity contribution is 0.0733. The zero-order valence-corrected chi connectivity index (χ0v) is 15.9.